The van der Waals surface area contributed by atoms with Crippen molar-refractivity contribution in [2.24, 2.45) is 28.8 Å². The molecule has 3 aromatic carbocycles. The number of thiazole rings is 1. The third-order valence-electron chi connectivity index (χ3n) is 14.0. The second kappa shape index (κ2) is 31.3. The lowest BCUT2D eigenvalue weighted by Gasteiger charge is -2.29. The molecule has 0 saturated heterocycles. The fraction of sp³-hybridized carbons (Fsp3) is 0.475. The summed E-state index contributed by atoms with van der Waals surface area (Å²) in [5.41, 5.74) is 1.79. The van der Waals surface area contributed by atoms with Crippen molar-refractivity contribution in [2.75, 3.05) is 51.7 Å². The van der Waals surface area contributed by atoms with Crippen LogP contribution in [0.1, 0.15) is 116 Å². The van der Waals surface area contributed by atoms with E-state index in [1.807, 2.05) is 61.8 Å². The molecule has 0 aliphatic heterocycles. The third-order valence-corrected chi connectivity index (χ3v) is 15.1. The van der Waals surface area contributed by atoms with Crippen molar-refractivity contribution in [3.05, 3.63) is 121 Å². The fourth-order valence-corrected chi connectivity index (χ4v) is 10.3. The average Bonchev–Trinajstić information content (AvgIpc) is 3.91. The lowest BCUT2D eigenvalue weighted by Crippen LogP contribution is -2.27. The molecule has 0 radical (unpaired) electrons. The molecule has 0 amide bonds. The van der Waals surface area contributed by atoms with E-state index in [1.54, 1.807) is 40.6 Å². The van der Waals surface area contributed by atoms with Gasteiger partial charge >= 0.3 is 23.9 Å². The van der Waals surface area contributed by atoms with Gasteiger partial charge in [-0.15, -0.1) is 0 Å². The van der Waals surface area contributed by atoms with Crippen LogP contribution in [0.5, 0.6) is 23.0 Å². The molecule has 0 unspecified atom stereocenters. The van der Waals surface area contributed by atoms with Crippen LogP contribution >= 0.6 is 11.3 Å². The molecule has 412 valence electrons. The highest BCUT2D eigenvalue weighted by molar-refractivity contribution is 7.22. The van der Waals surface area contributed by atoms with E-state index in [0.29, 0.717) is 75.8 Å². The normalized spacial score (nSPS) is 18.4. The Bertz CT molecular complexity index is 2590. The zero-order chi connectivity index (χ0) is 54.0. The van der Waals surface area contributed by atoms with Crippen LogP contribution in [0.15, 0.2) is 126 Å². The van der Waals surface area contributed by atoms with E-state index in [9.17, 15) is 19.2 Å². The Morgan fingerprint density at radius 2 is 1.08 bits per heavy atom. The first-order chi connectivity index (χ1) is 37.6. The molecule has 4 aromatic rings. The van der Waals surface area contributed by atoms with Crippen molar-refractivity contribution in [3.63, 3.8) is 0 Å². The monoisotopic (exact) mass is 1070 g/mol. The van der Waals surface area contributed by atoms with Crippen LogP contribution in [-0.4, -0.2) is 81.8 Å². The summed E-state index contributed by atoms with van der Waals surface area (Å²) in [6, 6.07) is 22.4. The number of hydrogen-bond donors (Lipinski definition) is 0. The Morgan fingerprint density at radius 3 is 1.58 bits per heavy atom. The van der Waals surface area contributed by atoms with Crippen LogP contribution in [0.4, 0.5) is 5.13 Å². The highest BCUT2D eigenvalue weighted by Crippen LogP contribution is 2.35. The summed E-state index contributed by atoms with van der Waals surface area (Å²) in [6.45, 7) is 9.86. The van der Waals surface area contributed by atoms with E-state index in [0.717, 1.165) is 147 Å². The number of para-hydroxylation sites is 1. The Morgan fingerprint density at radius 1 is 0.597 bits per heavy atom. The standard InChI is InChI=1S/C61H75N3O12S/c1-4-57(65)71-38-14-8-6-12-36-69-49-26-30-51(31-27-49)75-59(67)46-22-18-44(19-23-46)42-73-53-34-35-55(48(40-53)41-62-64(3)61-63-54-16-10-11-17-56(54)77-61)74-43-45-20-24-47(25-21-45)60(68)76-52-32-28-50(29-33-52)70-37-13-7-9-15-39-72-58(66)5-2/h4-5,10-11,16-17,26-33,40-41,44-47H,1-2,6-9,12-15,18-25,34-39,42-43H2,3H3/b62-41+. The van der Waals surface area contributed by atoms with Crippen molar-refractivity contribution >= 4 is 56.8 Å². The van der Waals surface area contributed by atoms with E-state index in [1.165, 1.54) is 12.2 Å². The Kier molecular flexibility index (Phi) is 23.5. The van der Waals surface area contributed by atoms with Crippen LogP contribution in [0.25, 0.3) is 10.2 Å². The van der Waals surface area contributed by atoms with Gasteiger partial charge in [-0.2, -0.15) is 5.10 Å². The number of unbranched alkanes of at least 4 members (excludes halogenated alkanes) is 6. The van der Waals surface area contributed by atoms with Gasteiger partial charge in [-0.3, -0.25) is 9.59 Å². The minimum absolute atomic E-state index is 0.161. The molecule has 7 rings (SSSR count). The molecule has 1 aromatic heterocycles. The highest BCUT2D eigenvalue weighted by Gasteiger charge is 2.30. The van der Waals surface area contributed by atoms with Crippen molar-refractivity contribution in [1.82, 2.24) is 4.98 Å². The van der Waals surface area contributed by atoms with E-state index in [4.69, 9.17) is 48.0 Å². The molecule has 0 spiro atoms. The maximum atomic E-state index is 13.2. The number of hydrogen-bond acceptors (Lipinski definition) is 16. The van der Waals surface area contributed by atoms with Crippen LogP contribution in [0.3, 0.4) is 0 Å². The minimum atomic E-state index is -0.393. The third kappa shape index (κ3) is 19.5. The molecule has 0 bridgehead atoms. The molecule has 0 N–H and O–H groups in total. The molecule has 1 heterocycles. The van der Waals surface area contributed by atoms with Gasteiger partial charge in [-0.05, 0) is 181 Å². The van der Waals surface area contributed by atoms with Gasteiger partial charge < -0.3 is 37.9 Å². The van der Waals surface area contributed by atoms with E-state index in [-0.39, 0.29) is 23.8 Å². The molecule has 3 aliphatic rings. The van der Waals surface area contributed by atoms with Crippen LogP contribution in [-0.2, 0) is 38.1 Å². The molecular formula is C61H75N3O12S. The SMILES string of the molecule is C=CC(=O)OCCCCCCOc1ccc(OC(=O)C2CCC(COC3=CC(/C=N/N(C)c4nc5ccccc5s4)=C(OCC4CCC(C(=O)Oc5ccc(OCCCCCCOC(=O)C=C)cc5)CC4)CC3)CC2)cc1. The first-order valence-electron chi connectivity index (χ1n) is 27.4. The lowest BCUT2D eigenvalue weighted by molar-refractivity contribution is -0.141. The summed E-state index contributed by atoms with van der Waals surface area (Å²) in [5.74, 6) is 3.31. The number of allylic oxidation sites excluding steroid dienone is 4. The number of esters is 4. The van der Waals surface area contributed by atoms with Crippen molar-refractivity contribution in [2.45, 2.75) is 116 Å². The lowest BCUT2D eigenvalue weighted by atomic mass is 9.82. The van der Waals surface area contributed by atoms with Crippen LogP contribution in [0.2, 0.25) is 0 Å². The first-order valence-corrected chi connectivity index (χ1v) is 28.2. The number of carbonyl (C=O) groups excluding carboxylic acids is 4. The molecule has 0 atom stereocenters. The van der Waals surface area contributed by atoms with Crippen molar-refractivity contribution < 1.29 is 57.1 Å². The number of benzene rings is 3. The predicted molar refractivity (Wildman–Crippen MR) is 298 cm³/mol. The second-order valence-electron chi connectivity index (χ2n) is 19.8. The predicted octanol–water partition coefficient (Wildman–Crippen LogP) is 12.8. The summed E-state index contributed by atoms with van der Waals surface area (Å²) in [5, 5.41) is 7.39. The Hall–Kier alpha value is -6.94. The van der Waals surface area contributed by atoms with E-state index < -0.39 is 11.9 Å². The number of carbonyl (C=O) groups is 4. The molecule has 2 fully saturated rings. The largest absolute Gasteiger partial charge is 0.498 e. The zero-order valence-electron chi connectivity index (χ0n) is 44.6. The highest BCUT2D eigenvalue weighted by atomic mass is 32.1. The van der Waals surface area contributed by atoms with Gasteiger partial charge in [0.05, 0.1) is 73.7 Å². The van der Waals surface area contributed by atoms with Gasteiger partial charge in [0, 0.05) is 37.6 Å². The number of aromatic nitrogens is 1. The Balaban J connectivity index is 0.832. The quantitative estimate of drug-likeness (QED) is 0.0116. The molecule has 3 aliphatic carbocycles. The molecule has 16 heteroatoms. The topological polar surface area (TPSA) is 171 Å². The maximum absolute atomic E-state index is 13.2. The summed E-state index contributed by atoms with van der Waals surface area (Å²) in [7, 11) is 1.90. The number of ether oxygens (including phenoxy) is 8. The minimum Gasteiger partial charge on any atom is -0.498 e. The van der Waals surface area contributed by atoms with Gasteiger partial charge in [0.2, 0.25) is 5.13 Å². The summed E-state index contributed by atoms with van der Waals surface area (Å²) in [4.78, 5) is 53.5. The van der Waals surface area contributed by atoms with Crippen LogP contribution in [0, 0.1) is 23.7 Å². The number of anilines is 1. The number of nitrogens with zero attached hydrogens (tertiary/aromatic N) is 3. The van der Waals surface area contributed by atoms with Crippen LogP contribution < -0.4 is 24.0 Å². The van der Waals surface area contributed by atoms with Gasteiger partial charge in [-0.25, -0.2) is 19.6 Å². The van der Waals surface area contributed by atoms with Gasteiger partial charge in [0.25, 0.3) is 0 Å². The molecule has 2 saturated carbocycles. The molecule has 15 nitrogen and oxygen atoms in total. The van der Waals surface area contributed by atoms with Crippen molar-refractivity contribution in [3.8, 4) is 23.0 Å². The average molecular weight is 1070 g/mol. The smallest absolute Gasteiger partial charge is 0.330 e. The number of hydrazone groups is 1. The maximum Gasteiger partial charge on any atom is 0.330 e. The van der Waals surface area contributed by atoms with E-state index >= 15 is 0 Å². The van der Waals surface area contributed by atoms with Crippen molar-refractivity contribution in [1.29, 1.82) is 0 Å². The van der Waals surface area contributed by atoms with Gasteiger partial charge in [0.15, 0.2) is 0 Å². The van der Waals surface area contributed by atoms with Gasteiger partial charge in [-0.1, -0.05) is 36.6 Å². The summed E-state index contributed by atoms with van der Waals surface area (Å²) in [6.07, 6.45) is 21.2. The Labute approximate surface area is 457 Å². The molecule has 77 heavy (non-hydrogen) atoms. The molecular weight excluding hydrogens is 999 g/mol. The van der Waals surface area contributed by atoms with E-state index in [2.05, 4.69) is 19.2 Å². The van der Waals surface area contributed by atoms with Gasteiger partial charge in [0.1, 0.15) is 28.8 Å². The zero-order valence-corrected chi connectivity index (χ0v) is 45.4. The summed E-state index contributed by atoms with van der Waals surface area (Å²) < 4.78 is 47.5. The second-order valence-corrected chi connectivity index (χ2v) is 20.8. The number of rotatable bonds is 31. The first kappa shape index (κ1) is 57.8. The fourth-order valence-electron chi connectivity index (χ4n) is 9.42. The summed E-state index contributed by atoms with van der Waals surface area (Å²) >= 11 is 1.58. The number of fused-ring (bicyclic) bond motifs is 1.